The quantitative estimate of drug-likeness (QED) is 0.164. The summed E-state index contributed by atoms with van der Waals surface area (Å²) in [5.74, 6) is 0. The molecular formula is C21H38IP. The van der Waals surface area contributed by atoms with Gasteiger partial charge in [0.2, 0.25) is 0 Å². The Bertz CT molecular complexity index is 386. The fourth-order valence-electron chi connectivity index (χ4n) is 3.70. The standard InChI is InChI=1S/C21H38IP/c1-4-7-13-18-23(22,19-14-8-5-2,20-15-9-6-3)21-16-11-10-12-17-21/h10-12,16-17H,4-9,13-15,18-20H2,1-3H3. The Hall–Kier alpha value is 0.380. The summed E-state index contributed by atoms with van der Waals surface area (Å²) in [6.45, 7) is 7.00. The second kappa shape index (κ2) is 11.1. The average molecular weight is 448 g/mol. The molecule has 0 aliphatic rings. The van der Waals surface area contributed by atoms with E-state index in [1.165, 1.54) is 76.3 Å². The van der Waals surface area contributed by atoms with E-state index in [0.717, 1.165) is 0 Å². The van der Waals surface area contributed by atoms with Gasteiger partial charge in [0.05, 0.1) is 0 Å². The summed E-state index contributed by atoms with van der Waals surface area (Å²) in [6.07, 6.45) is 16.9. The molecule has 23 heavy (non-hydrogen) atoms. The van der Waals surface area contributed by atoms with E-state index in [9.17, 15) is 0 Å². The third-order valence-corrected chi connectivity index (χ3v) is 16.8. The first-order valence-corrected chi connectivity index (χ1v) is 15.5. The Morgan fingerprint density at radius 1 is 0.652 bits per heavy atom. The molecule has 0 amide bonds. The fourth-order valence-corrected chi connectivity index (χ4v) is 12.9. The zero-order valence-corrected chi connectivity index (χ0v) is 18.7. The van der Waals surface area contributed by atoms with Gasteiger partial charge >= 0.3 is 159 Å². The van der Waals surface area contributed by atoms with Gasteiger partial charge in [-0.3, -0.25) is 0 Å². The van der Waals surface area contributed by atoms with Crippen molar-refractivity contribution in [1.82, 2.24) is 0 Å². The van der Waals surface area contributed by atoms with Gasteiger partial charge in [-0.15, -0.1) is 0 Å². The van der Waals surface area contributed by atoms with E-state index in [1.807, 2.05) is 0 Å². The van der Waals surface area contributed by atoms with Crippen LogP contribution >= 0.6 is 26.3 Å². The topological polar surface area (TPSA) is 0 Å². The maximum absolute atomic E-state index is 3.02. The average Bonchev–Trinajstić information content (AvgIpc) is 2.57. The van der Waals surface area contributed by atoms with E-state index in [1.54, 1.807) is 5.30 Å². The molecule has 0 atom stereocenters. The zero-order valence-electron chi connectivity index (χ0n) is 15.7. The number of hydrogen-bond acceptors (Lipinski definition) is 0. The Labute approximate surface area is 158 Å². The first kappa shape index (κ1) is 21.4. The van der Waals surface area contributed by atoms with E-state index < -0.39 is 4.25 Å². The molecule has 0 saturated heterocycles. The van der Waals surface area contributed by atoms with E-state index in [2.05, 4.69) is 73.1 Å². The maximum atomic E-state index is 3.02. The predicted octanol–water partition coefficient (Wildman–Crippen LogP) is 7.79. The summed E-state index contributed by atoms with van der Waals surface area (Å²) in [6, 6.07) is 11.6. The van der Waals surface area contributed by atoms with Gasteiger partial charge in [0.15, 0.2) is 0 Å². The normalized spacial score (nSPS) is 13.7. The molecule has 0 nitrogen and oxygen atoms in total. The van der Waals surface area contributed by atoms with Gasteiger partial charge in [0.25, 0.3) is 0 Å². The van der Waals surface area contributed by atoms with Crippen molar-refractivity contribution >= 4 is 31.6 Å². The number of halogens is 1. The van der Waals surface area contributed by atoms with Crippen LogP contribution in [0.2, 0.25) is 0 Å². The Balaban J connectivity index is 3.08. The van der Waals surface area contributed by atoms with Crippen molar-refractivity contribution in [2.75, 3.05) is 18.5 Å². The van der Waals surface area contributed by atoms with E-state index in [0.29, 0.717) is 0 Å². The minimum absolute atomic E-state index is 1.34. The van der Waals surface area contributed by atoms with Crippen molar-refractivity contribution in [2.24, 2.45) is 0 Å². The van der Waals surface area contributed by atoms with E-state index >= 15 is 0 Å². The van der Waals surface area contributed by atoms with Crippen molar-refractivity contribution in [3.05, 3.63) is 30.3 Å². The SMILES string of the molecule is CCCCCP(I)(CCCCC)(CCCCC)c1ccccc1. The molecule has 1 aromatic carbocycles. The van der Waals surface area contributed by atoms with Crippen LogP contribution in [0.25, 0.3) is 0 Å². The summed E-state index contributed by atoms with van der Waals surface area (Å²) in [5, 5.41) is 1.71. The zero-order chi connectivity index (χ0) is 17.0. The molecule has 1 rings (SSSR count). The molecule has 0 aliphatic carbocycles. The van der Waals surface area contributed by atoms with Crippen LogP contribution in [-0.2, 0) is 0 Å². The van der Waals surface area contributed by atoms with Gasteiger partial charge in [0, 0.05) is 0 Å². The molecule has 134 valence electrons. The third-order valence-electron chi connectivity index (χ3n) is 5.22. The molecule has 0 spiro atoms. The molecule has 0 radical (unpaired) electrons. The molecule has 0 aliphatic heterocycles. The molecule has 0 saturated carbocycles. The Kier molecular flexibility index (Phi) is 10.3. The third kappa shape index (κ3) is 6.65. The number of rotatable bonds is 13. The first-order chi connectivity index (χ1) is 11.1. The van der Waals surface area contributed by atoms with Crippen LogP contribution in [-0.4, -0.2) is 18.5 Å². The van der Waals surface area contributed by atoms with Gasteiger partial charge in [-0.25, -0.2) is 0 Å². The molecule has 0 aromatic heterocycles. The van der Waals surface area contributed by atoms with Crippen LogP contribution in [0, 0.1) is 0 Å². The van der Waals surface area contributed by atoms with Crippen LogP contribution in [0.5, 0.6) is 0 Å². The van der Waals surface area contributed by atoms with Crippen molar-refractivity contribution in [3.63, 3.8) is 0 Å². The number of benzene rings is 1. The molecule has 1 aromatic rings. The monoisotopic (exact) mass is 448 g/mol. The van der Waals surface area contributed by atoms with Crippen molar-refractivity contribution in [2.45, 2.75) is 78.6 Å². The van der Waals surface area contributed by atoms with Crippen LogP contribution in [0.4, 0.5) is 0 Å². The van der Waals surface area contributed by atoms with E-state index in [4.69, 9.17) is 0 Å². The summed E-state index contributed by atoms with van der Waals surface area (Å²) < 4.78 is -1.81. The summed E-state index contributed by atoms with van der Waals surface area (Å²) in [7, 11) is 0. The molecule has 0 unspecified atom stereocenters. The predicted molar refractivity (Wildman–Crippen MR) is 120 cm³/mol. The summed E-state index contributed by atoms with van der Waals surface area (Å²) >= 11 is 3.02. The number of unbranched alkanes of at least 4 members (excludes halogenated alkanes) is 6. The Morgan fingerprint density at radius 3 is 1.39 bits per heavy atom. The van der Waals surface area contributed by atoms with Crippen molar-refractivity contribution in [1.29, 1.82) is 0 Å². The summed E-state index contributed by atoms with van der Waals surface area (Å²) in [5.41, 5.74) is 0. The molecule has 0 heterocycles. The van der Waals surface area contributed by atoms with Crippen molar-refractivity contribution in [3.8, 4) is 0 Å². The second-order valence-corrected chi connectivity index (χ2v) is 19.8. The van der Waals surface area contributed by atoms with Gasteiger partial charge in [-0.2, -0.15) is 0 Å². The fraction of sp³-hybridized carbons (Fsp3) is 0.714. The Morgan fingerprint density at radius 2 is 1.04 bits per heavy atom. The number of hydrogen-bond donors (Lipinski definition) is 0. The first-order valence-electron chi connectivity index (χ1n) is 9.87. The van der Waals surface area contributed by atoms with Crippen LogP contribution in [0.1, 0.15) is 78.6 Å². The van der Waals surface area contributed by atoms with E-state index in [-0.39, 0.29) is 0 Å². The van der Waals surface area contributed by atoms with Crippen molar-refractivity contribution < 1.29 is 0 Å². The summed E-state index contributed by atoms with van der Waals surface area (Å²) in [4.78, 5) is 0. The van der Waals surface area contributed by atoms with Gasteiger partial charge in [0.1, 0.15) is 0 Å². The minimum atomic E-state index is -1.81. The molecule has 0 bridgehead atoms. The molecular weight excluding hydrogens is 410 g/mol. The van der Waals surface area contributed by atoms with Gasteiger partial charge < -0.3 is 0 Å². The van der Waals surface area contributed by atoms with Gasteiger partial charge in [-0.05, 0) is 0 Å². The molecule has 0 N–H and O–H groups in total. The molecule has 2 heteroatoms. The molecule has 0 fully saturated rings. The van der Waals surface area contributed by atoms with Crippen LogP contribution in [0.3, 0.4) is 0 Å². The van der Waals surface area contributed by atoms with Crippen LogP contribution < -0.4 is 5.30 Å². The van der Waals surface area contributed by atoms with Crippen LogP contribution in [0.15, 0.2) is 30.3 Å². The van der Waals surface area contributed by atoms with Gasteiger partial charge in [-0.1, -0.05) is 0 Å². The second-order valence-electron chi connectivity index (χ2n) is 7.22.